The lowest BCUT2D eigenvalue weighted by molar-refractivity contribution is -0.139. The molecule has 0 heterocycles. The van der Waals surface area contributed by atoms with E-state index in [9.17, 15) is 14.4 Å². The second-order valence-corrected chi connectivity index (χ2v) is 7.49. The van der Waals surface area contributed by atoms with Crippen molar-refractivity contribution in [3.8, 4) is 0 Å². The molecule has 0 saturated heterocycles. The van der Waals surface area contributed by atoms with Crippen LogP contribution in [0.3, 0.4) is 0 Å². The predicted octanol–water partition coefficient (Wildman–Crippen LogP) is -1.15. The van der Waals surface area contributed by atoms with Gasteiger partial charge in [-0.15, -0.1) is 0 Å². The lowest BCUT2D eigenvalue weighted by Crippen LogP contribution is -2.31. The number of carboxylic acid groups (broad SMARTS) is 3. The standard InChI is InChI=1S/C7H15NO3.C6H14N4O2.C6H13NO2/c8-6(7(10)11)4-2-1-3-5-9;7-4(5(11)12)2-1-3-10-6(8)9;1-4(2)3-5(7)6(8)9/h6,9H,1-5,8H2,(H,10,11);4H,1-3,7H2,(H,11,12)(H4,8,9,10);4-5H,3,7H2,1-2H3,(H,8,9)/t;4-;5-/m.10/s1. The van der Waals surface area contributed by atoms with Crippen LogP contribution in [0.5, 0.6) is 0 Å². The Bertz CT molecular complexity index is 542. The number of nitrogens with zero attached hydrogens (tertiary/aromatic N) is 1. The Labute approximate surface area is 189 Å². The van der Waals surface area contributed by atoms with Crippen molar-refractivity contribution in [1.82, 2.24) is 0 Å². The first-order valence-electron chi connectivity index (χ1n) is 10.4. The van der Waals surface area contributed by atoms with Gasteiger partial charge < -0.3 is 49.1 Å². The van der Waals surface area contributed by atoms with Crippen molar-refractivity contribution in [2.45, 2.75) is 76.9 Å². The minimum absolute atomic E-state index is 0.0129. The molecule has 0 aliphatic heterocycles. The quantitative estimate of drug-likeness (QED) is 0.0833. The number of carboxylic acids is 3. The van der Waals surface area contributed by atoms with Crippen LogP contribution in [0.1, 0.15) is 58.8 Å². The van der Waals surface area contributed by atoms with Crippen LogP contribution in [0.15, 0.2) is 4.99 Å². The summed E-state index contributed by atoms with van der Waals surface area (Å²) in [6.45, 7) is 4.48. The Balaban J connectivity index is -0.000000398. The SMILES string of the molecule is CC(C)C[C@H](N)C(=O)O.NC(CCCCCO)C(=O)O.NC(N)=NCCC[C@@H](N)C(=O)O. The van der Waals surface area contributed by atoms with E-state index in [1.54, 1.807) is 0 Å². The van der Waals surface area contributed by atoms with Gasteiger partial charge in [0.25, 0.3) is 0 Å². The van der Waals surface area contributed by atoms with Crippen molar-refractivity contribution in [2.75, 3.05) is 13.2 Å². The van der Waals surface area contributed by atoms with E-state index in [1.807, 2.05) is 13.8 Å². The van der Waals surface area contributed by atoms with E-state index < -0.39 is 36.0 Å². The molecule has 0 aliphatic carbocycles. The van der Waals surface area contributed by atoms with Crippen molar-refractivity contribution < 1.29 is 34.8 Å². The summed E-state index contributed by atoms with van der Waals surface area (Å²) in [6, 6.07) is -2.25. The van der Waals surface area contributed by atoms with Gasteiger partial charge in [0.15, 0.2) is 5.96 Å². The van der Waals surface area contributed by atoms with Crippen LogP contribution < -0.4 is 28.7 Å². The Morgan fingerprint density at radius 1 is 0.750 bits per heavy atom. The maximum Gasteiger partial charge on any atom is 0.320 e. The summed E-state index contributed by atoms with van der Waals surface area (Å²) in [7, 11) is 0. The number of guanidine groups is 1. The normalized spacial score (nSPS) is 12.8. The Morgan fingerprint density at radius 3 is 1.50 bits per heavy atom. The molecule has 0 aromatic carbocycles. The molecule has 0 spiro atoms. The van der Waals surface area contributed by atoms with E-state index in [0.29, 0.717) is 38.1 Å². The third-order valence-corrected chi connectivity index (χ3v) is 3.82. The number of aliphatic hydroxyl groups is 1. The van der Waals surface area contributed by atoms with Crippen LogP contribution in [-0.2, 0) is 14.4 Å². The molecule has 1 unspecified atom stereocenters. The van der Waals surface area contributed by atoms with Crippen molar-refractivity contribution in [1.29, 1.82) is 0 Å². The first kappa shape index (κ1) is 34.1. The molecule has 0 aliphatic rings. The van der Waals surface area contributed by atoms with Crippen LogP contribution in [0, 0.1) is 5.92 Å². The Morgan fingerprint density at radius 2 is 1.19 bits per heavy atom. The zero-order valence-corrected chi connectivity index (χ0v) is 19.0. The van der Waals surface area contributed by atoms with Gasteiger partial charge in [0.05, 0.1) is 0 Å². The molecule has 3 atom stereocenters. The second kappa shape index (κ2) is 21.7. The van der Waals surface area contributed by atoms with E-state index in [4.69, 9.17) is 49.1 Å². The van der Waals surface area contributed by atoms with E-state index in [0.717, 1.165) is 19.3 Å². The maximum atomic E-state index is 10.2. The number of nitrogens with two attached hydrogens (primary N) is 5. The highest BCUT2D eigenvalue weighted by molar-refractivity contribution is 5.75. The fourth-order valence-electron chi connectivity index (χ4n) is 2.03. The summed E-state index contributed by atoms with van der Waals surface area (Å²) in [4.78, 5) is 34.2. The van der Waals surface area contributed by atoms with Crippen molar-refractivity contribution in [3.63, 3.8) is 0 Å². The number of hydrogen-bond acceptors (Lipinski definition) is 8. The highest BCUT2D eigenvalue weighted by atomic mass is 16.4. The molecule has 14 N–H and O–H groups in total. The van der Waals surface area contributed by atoms with Gasteiger partial charge in [-0.2, -0.15) is 0 Å². The fraction of sp³-hybridized carbons (Fsp3) is 0.789. The van der Waals surface area contributed by atoms with Crippen LogP contribution in [-0.4, -0.2) is 75.6 Å². The number of rotatable bonds is 14. The molecule has 190 valence electrons. The van der Waals surface area contributed by atoms with Gasteiger partial charge >= 0.3 is 17.9 Å². The largest absolute Gasteiger partial charge is 0.480 e. The summed E-state index contributed by atoms with van der Waals surface area (Å²) in [5, 5.41) is 33.4. The van der Waals surface area contributed by atoms with E-state index >= 15 is 0 Å². The number of aliphatic carboxylic acids is 3. The summed E-state index contributed by atoms with van der Waals surface area (Å²) in [5.41, 5.74) is 25.8. The second-order valence-electron chi connectivity index (χ2n) is 7.49. The van der Waals surface area contributed by atoms with E-state index in [2.05, 4.69) is 4.99 Å². The molecular weight excluding hydrogens is 424 g/mol. The summed E-state index contributed by atoms with van der Waals surface area (Å²) in [5.74, 6) is -2.49. The van der Waals surface area contributed by atoms with Gasteiger partial charge in [-0.05, 0) is 38.0 Å². The molecule has 0 aromatic rings. The fourth-order valence-corrected chi connectivity index (χ4v) is 2.03. The first-order valence-corrected chi connectivity index (χ1v) is 10.4. The zero-order chi connectivity index (χ0) is 25.7. The van der Waals surface area contributed by atoms with E-state index in [1.165, 1.54) is 0 Å². The van der Waals surface area contributed by atoms with Gasteiger partial charge in [0.1, 0.15) is 18.1 Å². The topological polar surface area (TPSA) is 275 Å². The van der Waals surface area contributed by atoms with Gasteiger partial charge in [0, 0.05) is 13.2 Å². The monoisotopic (exact) mass is 466 g/mol. The summed E-state index contributed by atoms with van der Waals surface area (Å²) < 4.78 is 0. The molecule has 0 bridgehead atoms. The number of aliphatic hydroxyl groups excluding tert-OH is 1. The van der Waals surface area contributed by atoms with Crippen molar-refractivity contribution >= 4 is 23.9 Å². The molecular formula is C19H42N6O7. The van der Waals surface area contributed by atoms with Crippen LogP contribution >= 0.6 is 0 Å². The lowest BCUT2D eigenvalue weighted by Gasteiger charge is -2.07. The molecule has 0 amide bonds. The third-order valence-electron chi connectivity index (χ3n) is 3.82. The van der Waals surface area contributed by atoms with Crippen molar-refractivity contribution in [2.24, 2.45) is 39.6 Å². The highest BCUT2D eigenvalue weighted by Gasteiger charge is 2.12. The average Bonchev–Trinajstić information content (AvgIpc) is 2.68. The van der Waals surface area contributed by atoms with Gasteiger partial charge in [-0.25, -0.2) is 0 Å². The van der Waals surface area contributed by atoms with Gasteiger partial charge in [0.2, 0.25) is 0 Å². The minimum Gasteiger partial charge on any atom is -0.480 e. The summed E-state index contributed by atoms with van der Waals surface area (Å²) in [6.07, 6.45) is 4.35. The van der Waals surface area contributed by atoms with Gasteiger partial charge in [-0.1, -0.05) is 26.7 Å². The molecule has 13 nitrogen and oxygen atoms in total. The molecule has 0 rings (SSSR count). The molecule has 0 aromatic heterocycles. The maximum absolute atomic E-state index is 10.2. The lowest BCUT2D eigenvalue weighted by atomic mass is 10.1. The molecule has 0 fully saturated rings. The van der Waals surface area contributed by atoms with Crippen LogP contribution in [0.4, 0.5) is 0 Å². The van der Waals surface area contributed by atoms with E-state index in [-0.39, 0.29) is 12.6 Å². The molecule has 32 heavy (non-hydrogen) atoms. The zero-order valence-electron chi connectivity index (χ0n) is 19.0. The average molecular weight is 467 g/mol. The number of hydrogen-bond donors (Lipinski definition) is 9. The Kier molecular flexibility index (Phi) is 23.2. The summed E-state index contributed by atoms with van der Waals surface area (Å²) >= 11 is 0. The number of aliphatic imine (C=N–C) groups is 1. The minimum atomic E-state index is -1.00. The smallest absolute Gasteiger partial charge is 0.320 e. The third kappa shape index (κ3) is 27.5. The highest BCUT2D eigenvalue weighted by Crippen LogP contribution is 2.02. The number of unbranched alkanes of at least 4 members (excludes halogenated alkanes) is 2. The number of carbonyl (C=O) groups is 3. The first-order chi connectivity index (χ1) is 14.8. The molecule has 0 radical (unpaired) electrons. The van der Waals surface area contributed by atoms with Gasteiger partial charge in [-0.3, -0.25) is 19.4 Å². The molecule has 13 heteroatoms. The van der Waals surface area contributed by atoms with Crippen LogP contribution in [0.25, 0.3) is 0 Å². The van der Waals surface area contributed by atoms with Crippen molar-refractivity contribution in [3.05, 3.63) is 0 Å². The predicted molar refractivity (Wildman–Crippen MR) is 122 cm³/mol. The Hall–Kier alpha value is -2.48. The molecule has 0 saturated carbocycles. The van der Waals surface area contributed by atoms with Crippen LogP contribution in [0.2, 0.25) is 0 Å².